The third kappa shape index (κ3) is 1.78. The number of carboxylic acid groups (broad SMARTS) is 1. The predicted octanol–water partition coefficient (Wildman–Crippen LogP) is 0.548. The monoisotopic (exact) mass is 204 g/mol. The maximum atomic E-state index is 10.6. The van der Waals surface area contributed by atoms with Crippen LogP contribution in [0.4, 0.5) is 5.69 Å². The number of nitrogens with two attached hydrogens (primary N) is 1. The van der Waals surface area contributed by atoms with Gasteiger partial charge in [0, 0.05) is 6.20 Å². The van der Waals surface area contributed by atoms with E-state index in [1.54, 1.807) is 12.1 Å². The maximum Gasteiger partial charge on any atom is 0.356 e. The van der Waals surface area contributed by atoms with Crippen molar-refractivity contribution < 1.29 is 9.90 Å². The topological polar surface area (TPSA) is 94.0 Å². The zero-order valence-electron chi connectivity index (χ0n) is 7.66. The summed E-state index contributed by atoms with van der Waals surface area (Å²) in [6.45, 7) is 0. The van der Waals surface area contributed by atoms with Gasteiger partial charge in [0.2, 0.25) is 0 Å². The molecule has 0 aliphatic carbocycles. The molecule has 2 aromatic rings. The lowest BCUT2D eigenvalue weighted by Crippen LogP contribution is -2.02. The molecular weight excluding hydrogens is 196 g/mol. The highest BCUT2D eigenvalue weighted by Gasteiger charge is 2.07. The van der Waals surface area contributed by atoms with E-state index in [0.29, 0.717) is 11.5 Å². The molecule has 0 bridgehead atoms. The summed E-state index contributed by atoms with van der Waals surface area (Å²) in [5.74, 6) is -0.541. The third-order valence-electron chi connectivity index (χ3n) is 1.81. The molecule has 0 fully saturated rings. The number of anilines is 1. The third-order valence-corrected chi connectivity index (χ3v) is 1.81. The lowest BCUT2D eigenvalue weighted by atomic mass is 10.4. The van der Waals surface area contributed by atoms with Crippen LogP contribution in [0.2, 0.25) is 0 Å². The number of aromatic nitrogens is 3. The van der Waals surface area contributed by atoms with Gasteiger partial charge in [0.05, 0.1) is 11.9 Å². The minimum atomic E-state index is -1.07. The first-order chi connectivity index (χ1) is 7.16. The van der Waals surface area contributed by atoms with Crippen LogP contribution in [0.5, 0.6) is 0 Å². The van der Waals surface area contributed by atoms with Crippen LogP contribution in [0.25, 0.3) is 5.82 Å². The number of hydrogen-bond acceptors (Lipinski definition) is 4. The van der Waals surface area contributed by atoms with Crippen molar-refractivity contribution in [3.63, 3.8) is 0 Å². The summed E-state index contributed by atoms with van der Waals surface area (Å²) >= 11 is 0. The Morgan fingerprint density at radius 3 is 2.73 bits per heavy atom. The van der Waals surface area contributed by atoms with Gasteiger partial charge in [0.25, 0.3) is 0 Å². The molecule has 2 rings (SSSR count). The molecule has 0 atom stereocenters. The van der Waals surface area contributed by atoms with E-state index in [1.165, 1.54) is 23.1 Å². The molecular formula is C9H8N4O2. The number of rotatable bonds is 2. The lowest BCUT2D eigenvalue weighted by molar-refractivity contribution is 0.0690. The number of hydrogen-bond donors (Lipinski definition) is 2. The van der Waals surface area contributed by atoms with Crippen molar-refractivity contribution in [2.24, 2.45) is 0 Å². The molecule has 2 aromatic heterocycles. The number of nitrogen functional groups attached to an aromatic ring is 1. The van der Waals surface area contributed by atoms with Gasteiger partial charge in [-0.2, -0.15) is 5.10 Å². The number of aromatic carboxylic acids is 1. The average molecular weight is 204 g/mol. The van der Waals surface area contributed by atoms with Crippen molar-refractivity contribution >= 4 is 11.7 Å². The molecule has 0 aliphatic rings. The van der Waals surface area contributed by atoms with Gasteiger partial charge in [0.1, 0.15) is 0 Å². The molecule has 0 unspecified atom stereocenters. The Morgan fingerprint density at radius 1 is 1.40 bits per heavy atom. The van der Waals surface area contributed by atoms with Crippen molar-refractivity contribution in [2.75, 3.05) is 5.73 Å². The lowest BCUT2D eigenvalue weighted by Gasteiger charge is -1.99. The number of carboxylic acids is 1. The molecule has 2 heterocycles. The van der Waals surface area contributed by atoms with Gasteiger partial charge in [0.15, 0.2) is 11.5 Å². The second-order valence-electron chi connectivity index (χ2n) is 2.90. The zero-order chi connectivity index (χ0) is 10.8. The second-order valence-corrected chi connectivity index (χ2v) is 2.90. The minimum absolute atomic E-state index is 0.0198. The fourth-order valence-corrected chi connectivity index (χ4v) is 1.10. The van der Waals surface area contributed by atoms with Crippen LogP contribution in [0, 0.1) is 0 Å². The van der Waals surface area contributed by atoms with Crippen LogP contribution in [-0.2, 0) is 0 Å². The Bertz CT molecular complexity index is 489. The van der Waals surface area contributed by atoms with Crippen LogP contribution < -0.4 is 5.73 Å². The van der Waals surface area contributed by atoms with E-state index in [9.17, 15) is 4.79 Å². The molecule has 76 valence electrons. The van der Waals surface area contributed by atoms with E-state index in [4.69, 9.17) is 10.8 Å². The Labute approximate surface area is 85.0 Å². The molecule has 6 heteroatoms. The summed E-state index contributed by atoms with van der Waals surface area (Å²) in [6, 6.07) is 4.73. The molecule has 0 saturated carbocycles. The highest BCUT2D eigenvalue weighted by atomic mass is 16.4. The molecule has 15 heavy (non-hydrogen) atoms. The summed E-state index contributed by atoms with van der Waals surface area (Å²) in [4.78, 5) is 14.6. The van der Waals surface area contributed by atoms with E-state index >= 15 is 0 Å². The Kier molecular flexibility index (Phi) is 2.09. The van der Waals surface area contributed by atoms with Gasteiger partial charge in [-0.3, -0.25) is 0 Å². The first-order valence-electron chi connectivity index (χ1n) is 4.17. The van der Waals surface area contributed by atoms with Crippen LogP contribution in [0.1, 0.15) is 10.5 Å². The van der Waals surface area contributed by atoms with Gasteiger partial charge < -0.3 is 10.8 Å². The molecule has 6 nitrogen and oxygen atoms in total. The predicted molar refractivity (Wildman–Crippen MR) is 52.7 cm³/mol. The molecule has 0 radical (unpaired) electrons. The van der Waals surface area contributed by atoms with E-state index < -0.39 is 5.97 Å². The molecule has 0 spiro atoms. The Hall–Kier alpha value is -2.37. The normalized spacial score (nSPS) is 10.1. The summed E-state index contributed by atoms with van der Waals surface area (Å²) in [5, 5.41) is 12.5. The van der Waals surface area contributed by atoms with Crippen molar-refractivity contribution in [1.29, 1.82) is 0 Å². The highest BCUT2D eigenvalue weighted by molar-refractivity contribution is 5.85. The summed E-state index contributed by atoms with van der Waals surface area (Å²) < 4.78 is 1.38. The largest absolute Gasteiger partial charge is 0.476 e. The second kappa shape index (κ2) is 3.41. The van der Waals surface area contributed by atoms with E-state index in [2.05, 4.69) is 10.1 Å². The number of nitrogens with zero attached hydrogens (tertiary/aromatic N) is 3. The molecule has 0 amide bonds. The average Bonchev–Trinajstić information content (AvgIpc) is 2.68. The standard InChI is InChI=1S/C9H8N4O2/c10-6-1-2-8(11-5-6)13-4-3-7(12-13)9(14)15/h1-5H,10H2,(H,14,15). The first-order valence-corrected chi connectivity index (χ1v) is 4.17. The fraction of sp³-hybridized carbons (Fsp3) is 0. The van der Waals surface area contributed by atoms with Gasteiger partial charge in [-0.1, -0.05) is 0 Å². The number of carbonyl (C=O) groups is 1. The van der Waals surface area contributed by atoms with Crippen molar-refractivity contribution in [1.82, 2.24) is 14.8 Å². The van der Waals surface area contributed by atoms with Gasteiger partial charge in [-0.15, -0.1) is 0 Å². The molecule has 3 N–H and O–H groups in total. The van der Waals surface area contributed by atoms with Crippen LogP contribution in [0.3, 0.4) is 0 Å². The SMILES string of the molecule is Nc1ccc(-n2ccc(C(=O)O)n2)nc1. The Balaban J connectivity index is 2.37. The Morgan fingerprint density at radius 2 is 2.20 bits per heavy atom. The van der Waals surface area contributed by atoms with Crippen molar-refractivity contribution in [3.05, 3.63) is 36.3 Å². The van der Waals surface area contributed by atoms with Crippen molar-refractivity contribution in [2.45, 2.75) is 0 Å². The maximum absolute atomic E-state index is 10.6. The van der Waals surface area contributed by atoms with Gasteiger partial charge >= 0.3 is 5.97 Å². The van der Waals surface area contributed by atoms with Crippen LogP contribution in [-0.4, -0.2) is 25.8 Å². The molecule has 0 aromatic carbocycles. The van der Waals surface area contributed by atoms with E-state index in [0.717, 1.165) is 0 Å². The highest BCUT2D eigenvalue weighted by Crippen LogP contribution is 2.06. The zero-order valence-corrected chi connectivity index (χ0v) is 7.66. The van der Waals surface area contributed by atoms with E-state index in [1.807, 2.05) is 0 Å². The van der Waals surface area contributed by atoms with Gasteiger partial charge in [-0.25, -0.2) is 14.5 Å². The minimum Gasteiger partial charge on any atom is -0.476 e. The fourth-order valence-electron chi connectivity index (χ4n) is 1.10. The first kappa shape index (κ1) is 9.20. The quantitative estimate of drug-likeness (QED) is 0.744. The molecule has 0 saturated heterocycles. The summed E-state index contributed by atoms with van der Waals surface area (Å²) in [6.07, 6.45) is 3.01. The summed E-state index contributed by atoms with van der Waals surface area (Å²) in [7, 11) is 0. The van der Waals surface area contributed by atoms with Crippen LogP contribution in [0.15, 0.2) is 30.6 Å². The number of pyridine rings is 1. The molecule has 0 aliphatic heterocycles. The summed E-state index contributed by atoms with van der Waals surface area (Å²) in [5.41, 5.74) is 6.00. The van der Waals surface area contributed by atoms with Crippen molar-refractivity contribution in [3.8, 4) is 5.82 Å². The van der Waals surface area contributed by atoms with Gasteiger partial charge in [-0.05, 0) is 18.2 Å². The van der Waals surface area contributed by atoms with E-state index in [-0.39, 0.29) is 5.69 Å². The smallest absolute Gasteiger partial charge is 0.356 e. The van der Waals surface area contributed by atoms with Crippen LogP contribution >= 0.6 is 0 Å².